The Morgan fingerprint density at radius 3 is 2.50 bits per heavy atom. The number of benzene rings is 1. The summed E-state index contributed by atoms with van der Waals surface area (Å²) in [6.07, 6.45) is 0.732. The van der Waals surface area contributed by atoms with Gasteiger partial charge in [-0.3, -0.25) is 14.6 Å². The summed E-state index contributed by atoms with van der Waals surface area (Å²) in [4.78, 5) is 18.8. The Labute approximate surface area is 156 Å². The Hall–Kier alpha value is -1.44. The van der Waals surface area contributed by atoms with Crippen molar-refractivity contribution in [3.05, 3.63) is 35.4 Å². The zero-order valence-electron chi connectivity index (χ0n) is 15.7. The Bertz CT molecular complexity index is 742. The van der Waals surface area contributed by atoms with E-state index in [2.05, 4.69) is 28.9 Å². The van der Waals surface area contributed by atoms with Gasteiger partial charge in [0.15, 0.2) is 9.84 Å². The second-order valence-electron chi connectivity index (χ2n) is 7.57. The summed E-state index contributed by atoms with van der Waals surface area (Å²) in [6, 6.07) is 8.39. The lowest BCUT2D eigenvalue weighted by Gasteiger charge is -2.38. The van der Waals surface area contributed by atoms with Gasteiger partial charge in [-0.1, -0.05) is 24.3 Å². The van der Waals surface area contributed by atoms with Crippen LogP contribution in [-0.4, -0.2) is 86.3 Å². The number of likely N-dealkylation sites (N-methyl/N-ethyl adjacent to an activating group) is 1. The Balaban J connectivity index is 1.45. The van der Waals surface area contributed by atoms with E-state index in [1.807, 2.05) is 24.1 Å². The van der Waals surface area contributed by atoms with Crippen LogP contribution >= 0.6 is 0 Å². The summed E-state index contributed by atoms with van der Waals surface area (Å²) in [7, 11) is -0.877. The first-order chi connectivity index (χ1) is 12.3. The molecule has 0 radical (unpaired) electrons. The number of carbonyl (C=O) groups is 1. The quantitative estimate of drug-likeness (QED) is 0.756. The molecule has 1 unspecified atom stereocenters. The van der Waals surface area contributed by atoms with Crippen molar-refractivity contribution in [1.82, 2.24) is 14.7 Å². The second-order valence-corrected chi connectivity index (χ2v) is 9.80. The molecule has 0 aliphatic carbocycles. The molecule has 3 rings (SSSR count). The van der Waals surface area contributed by atoms with Crippen LogP contribution in [0, 0.1) is 6.92 Å². The SMILES string of the molecule is Cc1ccccc1CN(C)CC(=O)N1CCN(C2CCS(=O)(=O)C2)CC1. The van der Waals surface area contributed by atoms with Gasteiger partial charge in [-0.25, -0.2) is 8.42 Å². The van der Waals surface area contributed by atoms with Crippen molar-refractivity contribution in [2.24, 2.45) is 0 Å². The number of amides is 1. The first kappa shape index (κ1) is 19.3. The topological polar surface area (TPSA) is 60.9 Å². The lowest BCUT2D eigenvalue weighted by molar-refractivity contribution is -0.134. The van der Waals surface area contributed by atoms with Crippen molar-refractivity contribution in [2.75, 3.05) is 51.3 Å². The van der Waals surface area contributed by atoms with Gasteiger partial charge in [0.1, 0.15) is 0 Å². The number of carbonyl (C=O) groups excluding carboxylic acids is 1. The van der Waals surface area contributed by atoms with Gasteiger partial charge in [0.25, 0.3) is 0 Å². The third-order valence-electron chi connectivity index (χ3n) is 5.50. The van der Waals surface area contributed by atoms with Crippen molar-refractivity contribution in [3.63, 3.8) is 0 Å². The van der Waals surface area contributed by atoms with Crippen molar-refractivity contribution in [3.8, 4) is 0 Å². The number of rotatable bonds is 5. The standard InChI is InChI=1S/C19H29N3O3S/c1-16-5-3-4-6-17(16)13-20(2)14-19(23)22-10-8-21(9-11-22)18-7-12-26(24,25)15-18/h3-6,18H,7-15H2,1-2H3. The molecule has 0 bridgehead atoms. The van der Waals surface area contributed by atoms with Gasteiger partial charge in [0.2, 0.25) is 5.91 Å². The number of hydrogen-bond acceptors (Lipinski definition) is 5. The summed E-state index contributed by atoms with van der Waals surface area (Å²) >= 11 is 0. The van der Waals surface area contributed by atoms with E-state index in [4.69, 9.17) is 0 Å². The van der Waals surface area contributed by atoms with E-state index in [1.165, 1.54) is 11.1 Å². The molecule has 2 fully saturated rings. The molecular formula is C19H29N3O3S. The minimum atomic E-state index is -2.85. The van der Waals surface area contributed by atoms with Crippen LogP contribution in [0.15, 0.2) is 24.3 Å². The molecule has 2 saturated heterocycles. The predicted molar refractivity (Wildman–Crippen MR) is 103 cm³/mol. The molecule has 26 heavy (non-hydrogen) atoms. The van der Waals surface area contributed by atoms with Crippen molar-refractivity contribution >= 4 is 15.7 Å². The predicted octanol–water partition coefficient (Wildman–Crippen LogP) is 0.758. The lowest BCUT2D eigenvalue weighted by atomic mass is 10.1. The molecule has 6 nitrogen and oxygen atoms in total. The molecule has 1 aromatic carbocycles. The Morgan fingerprint density at radius 1 is 1.19 bits per heavy atom. The zero-order valence-corrected chi connectivity index (χ0v) is 16.5. The van der Waals surface area contributed by atoms with E-state index in [0.717, 1.165) is 26.1 Å². The van der Waals surface area contributed by atoms with E-state index in [1.54, 1.807) is 0 Å². The minimum absolute atomic E-state index is 0.140. The maximum absolute atomic E-state index is 12.6. The summed E-state index contributed by atoms with van der Waals surface area (Å²) < 4.78 is 23.3. The Morgan fingerprint density at radius 2 is 1.88 bits per heavy atom. The molecule has 2 aliphatic heterocycles. The molecule has 2 aliphatic rings. The van der Waals surface area contributed by atoms with Gasteiger partial charge in [0.05, 0.1) is 18.1 Å². The van der Waals surface area contributed by atoms with Gasteiger partial charge in [-0.2, -0.15) is 0 Å². The van der Waals surface area contributed by atoms with Gasteiger partial charge in [-0.15, -0.1) is 0 Å². The number of nitrogens with zero attached hydrogens (tertiary/aromatic N) is 3. The number of piperazine rings is 1. The maximum atomic E-state index is 12.6. The summed E-state index contributed by atoms with van der Waals surface area (Å²) in [5, 5.41) is 0. The zero-order chi connectivity index (χ0) is 18.7. The third kappa shape index (κ3) is 4.84. The highest BCUT2D eigenvalue weighted by Crippen LogP contribution is 2.19. The first-order valence-corrected chi connectivity index (χ1v) is 11.1. The van der Waals surface area contributed by atoms with Crippen LogP contribution in [0.1, 0.15) is 17.5 Å². The summed E-state index contributed by atoms with van der Waals surface area (Å²) in [6.45, 7) is 6.18. The van der Waals surface area contributed by atoms with Gasteiger partial charge in [0, 0.05) is 38.8 Å². The first-order valence-electron chi connectivity index (χ1n) is 9.29. The fraction of sp³-hybridized carbons (Fsp3) is 0.632. The van der Waals surface area contributed by atoms with Gasteiger partial charge < -0.3 is 4.90 Å². The number of aryl methyl sites for hydroxylation is 1. The molecule has 2 heterocycles. The fourth-order valence-electron chi connectivity index (χ4n) is 3.86. The van der Waals surface area contributed by atoms with Crippen LogP contribution in [0.5, 0.6) is 0 Å². The highest BCUT2D eigenvalue weighted by atomic mass is 32.2. The van der Waals surface area contributed by atoms with Crippen molar-refractivity contribution in [2.45, 2.75) is 25.9 Å². The van der Waals surface area contributed by atoms with Crippen LogP contribution in [0.3, 0.4) is 0 Å². The highest BCUT2D eigenvalue weighted by molar-refractivity contribution is 7.91. The van der Waals surface area contributed by atoms with Crippen LogP contribution in [-0.2, 0) is 21.2 Å². The molecule has 0 saturated carbocycles. The van der Waals surface area contributed by atoms with Gasteiger partial charge in [-0.05, 0) is 31.5 Å². The maximum Gasteiger partial charge on any atom is 0.236 e. The van der Waals surface area contributed by atoms with E-state index in [9.17, 15) is 13.2 Å². The Kier molecular flexibility index (Phi) is 5.99. The average molecular weight is 380 g/mol. The van der Waals surface area contributed by atoms with Crippen LogP contribution < -0.4 is 0 Å². The molecule has 1 aromatic rings. The smallest absolute Gasteiger partial charge is 0.236 e. The van der Waals surface area contributed by atoms with Crippen molar-refractivity contribution in [1.29, 1.82) is 0 Å². The lowest BCUT2D eigenvalue weighted by Crippen LogP contribution is -2.53. The van der Waals surface area contributed by atoms with Crippen molar-refractivity contribution < 1.29 is 13.2 Å². The van der Waals surface area contributed by atoms with E-state index >= 15 is 0 Å². The van der Waals surface area contributed by atoms with E-state index in [-0.39, 0.29) is 17.7 Å². The minimum Gasteiger partial charge on any atom is -0.339 e. The number of hydrogen-bond donors (Lipinski definition) is 0. The molecule has 0 spiro atoms. The molecule has 1 atom stereocenters. The molecule has 7 heteroatoms. The second kappa shape index (κ2) is 8.06. The normalized spacial score (nSPS) is 23.5. The summed E-state index contributed by atoms with van der Waals surface area (Å²) in [5.74, 6) is 0.737. The molecule has 144 valence electrons. The molecule has 0 aromatic heterocycles. The van der Waals surface area contributed by atoms with Crippen LogP contribution in [0.4, 0.5) is 0 Å². The summed E-state index contributed by atoms with van der Waals surface area (Å²) in [5.41, 5.74) is 2.49. The van der Waals surface area contributed by atoms with Crippen LogP contribution in [0.2, 0.25) is 0 Å². The number of sulfone groups is 1. The van der Waals surface area contributed by atoms with E-state index in [0.29, 0.717) is 25.4 Å². The molecular weight excluding hydrogens is 350 g/mol. The van der Waals surface area contributed by atoms with E-state index < -0.39 is 9.84 Å². The highest BCUT2D eigenvalue weighted by Gasteiger charge is 2.34. The fourth-order valence-corrected chi connectivity index (χ4v) is 5.63. The molecule has 1 amide bonds. The largest absolute Gasteiger partial charge is 0.339 e. The molecule has 0 N–H and O–H groups in total. The van der Waals surface area contributed by atoms with Crippen LogP contribution in [0.25, 0.3) is 0 Å². The van der Waals surface area contributed by atoms with Gasteiger partial charge >= 0.3 is 0 Å². The average Bonchev–Trinajstić information content (AvgIpc) is 2.97. The third-order valence-corrected chi connectivity index (χ3v) is 7.25. The monoisotopic (exact) mass is 379 g/mol.